The molecule has 0 bridgehead atoms. The van der Waals surface area contributed by atoms with Crippen molar-refractivity contribution in [3.63, 3.8) is 0 Å². The van der Waals surface area contributed by atoms with Crippen LogP contribution in [0.5, 0.6) is 0 Å². The number of hydrogen-bond acceptors (Lipinski definition) is 5. The van der Waals surface area contributed by atoms with E-state index in [1.807, 2.05) is 6.92 Å². The van der Waals surface area contributed by atoms with Crippen LogP contribution in [0.3, 0.4) is 0 Å². The summed E-state index contributed by atoms with van der Waals surface area (Å²) < 4.78 is 35.6. The topological polar surface area (TPSA) is 37.8 Å². The smallest absolute Gasteiger partial charge is 0.311 e. The second-order valence-corrected chi connectivity index (χ2v) is 4.66. The number of nitrogens with one attached hydrogen (secondary N) is 1. The number of nitrogens with zero attached hydrogens (tertiary/aromatic N) is 2. The minimum atomic E-state index is -4.28. The first-order valence-corrected chi connectivity index (χ1v) is 5.43. The first kappa shape index (κ1) is 11.7. The third-order valence-corrected chi connectivity index (χ3v) is 2.88. The summed E-state index contributed by atoms with van der Waals surface area (Å²) in [6, 6.07) is 0. The Balaban J connectivity index is 2.51. The largest absolute Gasteiger partial charge is 0.448 e. The molecule has 8 heteroatoms. The van der Waals surface area contributed by atoms with E-state index in [4.69, 9.17) is 0 Å². The Morgan fingerprint density at radius 3 is 2.71 bits per heavy atom. The molecule has 3 nitrogen and oxygen atoms in total. The molecule has 0 amide bonds. The van der Waals surface area contributed by atoms with Crippen LogP contribution in [0.25, 0.3) is 0 Å². The van der Waals surface area contributed by atoms with E-state index in [0.29, 0.717) is 11.6 Å². The molecule has 1 heterocycles. The van der Waals surface area contributed by atoms with Crippen molar-refractivity contribution < 1.29 is 13.2 Å². The molecule has 0 aliphatic rings. The molecule has 1 aromatic rings. The Kier molecular flexibility index (Phi) is 4.14. The quantitative estimate of drug-likeness (QED) is 0.823. The number of aromatic nitrogens is 2. The maximum absolute atomic E-state index is 11.9. The number of alkyl halides is 3. The molecule has 1 rings (SSSR count). The van der Waals surface area contributed by atoms with Crippen molar-refractivity contribution in [2.24, 2.45) is 0 Å². The predicted octanol–water partition coefficient (Wildman–Crippen LogP) is 2.26. The molecule has 0 fully saturated rings. The molecule has 0 unspecified atom stereocenters. The highest BCUT2D eigenvalue weighted by Crippen LogP contribution is 2.37. The molecule has 0 radical (unpaired) electrons. The molecular weight excluding hydrogens is 235 g/mol. The maximum Gasteiger partial charge on any atom is 0.448 e. The third kappa shape index (κ3) is 4.25. The molecule has 14 heavy (non-hydrogen) atoms. The first-order chi connectivity index (χ1) is 6.51. The number of hydrogen-bond donors (Lipinski definition) is 1. The minimum absolute atomic E-state index is 0.0644. The van der Waals surface area contributed by atoms with Gasteiger partial charge >= 0.3 is 5.51 Å². The summed E-state index contributed by atoms with van der Waals surface area (Å²) in [7, 11) is 0. The van der Waals surface area contributed by atoms with Gasteiger partial charge in [0.2, 0.25) is 0 Å². The lowest BCUT2D eigenvalue weighted by Crippen LogP contribution is -2.11. The van der Waals surface area contributed by atoms with E-state index < -0.39 is 5.51 Å². The van der Waals surface area contributed by atoms with Gasteiger partial charge in [-0.1, -0.05) is 18.3 Å². The monoisotopic (exact) mass is 243 g/mol. The lowest BCUT2D eigenvalue weighted by atomic mass is 10.6. The van der Waals surface area contributed by atoms with Crippen molar-refractivity contribution >= 4 is 23.1 Å². The molecule has 0 atom stereocenters. The Labute approximate surface area is 87.1 Å². The lowest BCUT2D eigenvalue weighted by Gasteiger charge is -1.99. The highest BCUT2D eigenvalue weighted by Gasteiger charge is 2.31. The van der Waals surface area contributed by atoms with Crippen LogP contribution in [0.4, 0.5) is 13.2 Å². The fourth-order valence-electron chi connectivity index (χ4n) is 0.682. The third-order valence-electron chi connectivity index (χ3n) is 1.18. The Bertz CT molecular complexity index is 286. The van der Waals surface area contributed by atoms with E-state index in [9.17, 15) is 13.2 Å². The van der Waals surface area contributed by atoms with E-state index in [-0.39, 0.29) is 16.1 Å². The summed E-state index contributed by atoms with van der Waals surface area (Å²) in [6.07, 6.45) is 0. The molecule has 0 aliphatic heterocycles. The summed E-state index contributed by atoms with van der Waals surface area (Å²) >= 11 is 0.730. The van der Waals surface area contributed by atoms with E-state index in [2.05, 4.69) is 15.5 Å². The average molecular weight is 243 g/mol. The van der Waals surface area contributed by atoms with Crippen LogP contribution < -0.4 is 5.32 Å². The second-order valence-electron chi connectivity index (χ2n) is 2.29. The van der Waals surface area contributed by atoms with Gasteiger partial charge in [0.05, 0.1) is 0 Å². The molecular formula is C6H8F3N3S2. The summed E-state index contributed by atoms with van der Waals surface area (Å²) in [4.78, 5) is 0. The standard InChI is InChI=1S/C6H8F3N3S2/c1-2-10-3-4-11-12-5(13-4)14-6(7,8)9/h10H,2-3H2,1H3. The maximum atomic E-state index is 11.9. The SMILES string of the molecule is CCNCc1nnc(SC(F)(F)F)s1. The van der Waals surface area contributed by atoms with Crippen LogP contribution >= 0.6 is 23.1 Å². The molecule has 0 saturated heterocycles. The zero-order valence-electron chi connectivity index (χ0n) is 7.26. The van der Waals surface area contributed by atoms with E-state index >= 15 is 0 Å². The van der Waals surface area contributed by atoms with Gasteiger partial charge in [0.25, 0.3) is 0 Å². The van der Waals surface area contributed by atoms with E-state index in [1.54, 1.807) is 0 Å². The van der Waals surface area contributed by atoms with E-state index in [0.717, 1.165) is 17.9 Å². The van der Waals surface area contributed by atoms with Gasteiger partial charge in [-0.3, -0.25) is 0 Å². The lowest BCUT2D eigenvalue weighted by molar-refractivity contribution is -0.0328. The van der Waals surface area contributed by atoms with Gasteiger partial charge in [0.1, 0.15) is 5.01 Å². The van der Waals surface area contributed by atoms with Crippen molar-refractivity contribution in [1.82, 2.24) is 15.5 Å². The summed E-state index contributed by atoms with van der Waals surface area (Å²) in [5.41, 5.74) is -4.28. The van der Waals surface area contributed by atoms with E-state index in [1.165, 1.54) is 0 Å². The van der Waals surface area contributed by atoms with Crippen molar-refractivity contribution in [3.8, 4) is 0 Å². The van der Waals surface area contributed by atoms with Crippen LogP contribution in [0.1, 0.15) is 11.9 Å². The van der Waals surface area contributed by atoms with Crippen LogP contribution in [-0.2, 0) is 6.54 Å². The number of thioether (sulfide) groups is 1. The molecule has 1 aromatic heterocycles. The second kappa shape index (κ2) is 4.94. The van der Waals surface area contributed by atoms with Gasteiger partial charge < -0.3 is 5.32 Å². The fraction of sp³-hybridized carbons (Fsp3) is 0.667. The Hall–Kier alpha value is -0.340. The van der Waals surface area contributed by atoms with Crippen LogP contribution in [-0.4, -0.2) is 22.3 Å². The summed E-state index contributed by atoms with van der Waals surface area (Å²) in [6.45, 7) is 3.13. The summed E-state index contributed by atoms with van der Waals surface area (Å²) in [5.74, 6) is 0. The molecule has 0 spiro atoms. The molecule has 80 valence electrons. The zero-order chi connectivity index (χ0) is 10.6. The normalized spacial score (nSPS) is 12.0. The number of rotatable bonds is 4. The van der Waals surface area contributed by atoms with Crippen LogP contribution in [0.15, 0.2) is 4.34 Å². The molecule has 0 aliphatic carbocycles. The highest BCUT2D eigenvalue weighted by atomic mass is 32.2. The van der Waals surface area contributed by atoms with Crippen molar-refractivity contribution in [2.75, 3.05) is 6.54 Å². The average Bonchev–Trinajstić information content (AvgIpc) is 2.46. The van der Waals surface area contributed by atoms with Crippen molar-refractivity contribution in [3.05, 3.63) is 5.01 Å². The fourth-order valence-corrected chi connectivity index (χ4v) is 2.24. The first-order valence-electron chi connectivity index (χ1n) is 3.80. The number of halogens is 3. The van der Waals surface area contributed by atoms with Gasteiger partial charge in [-0.05, 0) is 6.54 Å². The zero-order valence-corrected chi connectivity index (χ0v) is 8.89. The van der Waals surface area contributed by atoms with Crippen LogP contribution in [0.2, 0.25) is 0 Å². The highest BCUT2D eigenvalue weighted by molar-refractivity contribution is 8.01. The van der Waals surface area contributed by atoms with Gasteiger partial charge in [-0.15, -0.1) is 10.2 Å². The van der Waals surface area contributed by atoms with Crippen molar-refractivity contribution in [1.29, 1.82) is 0 Å². The van der Waals surface area contributed by atoms with Gasteiger partial charge in [0, 0.05) is 18.3 Å². The minimum Gasteiger partial charge on any atom is -0.311 e. The van der Waals surface area contributed by atoms with Gasteiger partial charge in [0.15, 0.2) is 4.34 Å². The molecule has 1 N–H and O–H groups in total. The van der Waals surface area contributed by atoms with Crippen LogP contribution in [0, 0.1) is 0 Å². The molecule has 0 saturated carbocycles. The Morgan fingerprint density at radius 1 is 1.43 bits per heavy atom. The van der Waals surface area contributed by atoms with Crippen molar-refractivity contribution in [2.45, 2.75) is 23.3 Å². The Morgan fingerprint density at radius 2 is 2.14 bits per heavy atom. The predicted molar refractivity (Wildman–Crippen MR) is 49.2 cm³/mol. The van der Waals surface area contributed by atoms with Gasteiger partial charge in [-0.25, -0.2) is 0 Å². The summed E-state index contributed by atoms with van der Waals surface area (Å²) in [5, 5.41) is 10.6. The van der Waals surface area contributed by atoms with Gasteiger partial charge in [-0.2, -0.15) is 13.2 Å². The molecule has 0 aromatic carbocycles.